The van der Waals surface area contributed by atoms with E-state index >= 15 is 0 Å². The van der Waals surface area contributed by atoms with Crippen molar-refractivity contribution in [3.8, 4) is 11.4 Å². The van der Waals surface area contributed by atoms with E-state index in [1.165, 1.54) is 0 Å². The van der Waals surface area contributed by atoms with E-state index in [2.05, 4.69) is 97.1 Å². The predicted molar refractivity (Wildman–Crippen MR) is 169 cm³/mol. The van der Waals surface area contributed by atoms with E-state index in [1.807, 2.05) is 18.2 Å². The first-order chi connectivity index (χ1) is 20.3. The quantitative estimate of drug-likeness (QED) is 0.230. The van der Waals surface area contributed by atoms with Gasteiger partial charge in [-0.25, -0.2) is 9.97 Å². The second kappa shape index (κ2) is 11.0. The Morgan fingerprint density at radius 3 is 2.24 bits per heavy atom. The summed E-state index contributed by atoms with van der Waals surface area (Å²) in [6.45, 7) is 0. The van der Waals surface area contributed by atoms with E-state index in [4.69, 9.17) is 20.7 Å². The number of para-hydroxylation sites is 1. The van der Waals surface area contributed by atoms with Crippen LogP contribution in [-0.2, 0) is 0 Å². The van der Waals surface area contributed by atoms with Crippen molar-refractivity contribution in [3.63, 3.8) is 0 Å². The van der Waals surface area contributed by atoms with Crippen LogP contribution in [0, 0.1) is 0 Å². The van der Waals surface area contributed by atoms with E-state index in [0.717, 1.165) is 87.0 Å². The van der Waals surface area contributed by atoms with Crippen LogP contribution in [-0.4, -0.2) is 15.0 Å². The molecule has 0 saturated heterocycles. The number of rotatable bonds is 5. The third-order valence-corrected chi connectivity index (χ3v) is 8.24. The van der Waals surface area contributed by atoms with E-state index in [9.17, 15) is 0 Å². The molecule has 200 valence electrons. The lowest BCUT2D eigenvalue weighted by atomic mass is 9.86. The molecule has 41 heavy (non-hydrogen) atoms. The monoisotopic (exact) mass is 532 g/mol. The Morgan fingerprint density at radius 2 is 1.49 bits per heavy atom. The molecular weight excluding hydrogens is 500 g/mol. The van der Waals surface area contributed by atoms with Gasteiger partial charge in [0.1, 0.15) is 0 Å². The number of hydrogen-bond donors (Lipinski definition) is 1. The summed E-state index contributed by atoms with van der Waals surface area (Å²) >= 11 is 0. The van der Waals surface area contributed by atoms with Crippen LogP contribution in [0.3, 0.4) is 0 Å². The topological polar surface area (TPSA) is 64.7 Å². The number of hydrogen-bond acceptors (Lipinski definition) is 4. The Morgan fingerprint density at radius 1 is 0.707 bits per heavy atom. The lowest BCUT2D eigenvalue weighted by molar-refractivity contribution is 0.642. The van der Waals surface area contributed by atoms with Gasteiger partial charge in [0.25, 0.3) is 0 Å². The van der Waals surface area contributed by atoms with Gasteiger partial charge in [-0.2, -0.15) is 0 Å². The highest BCUT2D eigenvalue weighted by Crippen LogP contribution is 2.42. The molecule has 0 spiro atoms. The van der Waals surface area contributed by atoms with E-state index in [-0.39, 0.29) is 11.8 Å². The van der Waals surface area contributed by atoms with Crippen molar-refractivity contribution in [2.45, 2.75) is 37.5 Å². The van der Waals surface area contributed by atoms with Crippen LogP contribution in [0.4, 0.5) is 0 Å². The summed E-state index contributed by atoms with van der Waals surface area (Å²) < 4.78 is 0. The van der Waals surface area contributed by atoms with Crippen molar-refractivity contribution in [3.05, 3.63) is 144 Å². The van der Waals surface area contributed by atoms with Gasteiger partial charge in [0.15, 0.2) is 5.82 Å². The minimum Gasteiger partial charge on any atom is -0.404 e. The predicted octanol–water partition coefficient (Wildman–Crippen LogP) is 8.62. The fraction of sp³-hybridized carbons (Fsp3) is 0.162. The van der Waals surface area contributed by atoms with Crippen LogP contribution in [0.2, 0.25) is 0 Å². The van der Waals surface area contributed by atoms with Gasteiger partial charge in [0, 0.05) is 39.9 Å². The molecule has 0 radical (unpaired) electrons. The first-order valence-corrected chi connectivity index (χ1v) is 14.5. The summed E-state index contributed by atoms with van der Waals surface area (Å²) in [6, 6.07) is 27.2. The second-order valence-corrected chi connectivity index (χ2v) is 10.8. The molecule has 2 aromatic heterocycles. The molecule has 0 saturated carbocycles. The smallest absolute Gasteiger partial charge is 0.162 e. The van der Waals surface area contributed by atoms with Crippen LogP contribution in [0.1, 0.15) is 60.2 Å². The maximum Gasteiger partial charge on any atom is 0.162 e. The minimum atomic E-state index is 0.174. The zero-order valence-electron chi connectivity index (χ0n) is 22.9. The highest BCUT2D eigenvalue weighted by atomic mass is 14.9. The standard InChI is InChI=1S/C37H32N4/c38-24-31(25-14-4-1-5-15-25)36-29-21-11-10-20-28(29)33(35(40-36)27-18-8-3-9-19-27)37-39-32-23-13-12-22-30(32)34(41-37)26-16-6-2-7-17-26/h1-2,4-8,10-16,18,20-24,26-27H,3,9,17,19,38H2. The zero-order valence-corrected chi connectivity index (χ0v) is 22.9. The average molecular weight is 533 g/mol. The van der Waals surface area contributed by atoms with Crippen LogP contribution < -0.4 is 5.73 Å². The molecule has 0 aliphatic heterocycles. The van der Waals surface area contributed by atoms with Gasteiger partial charge in [-0.1, -0.05) is 109 Å². The lowest BCUT2D eigenvalue weighted by Crippen LogP contribution is -2.11. The van der Waals surface area contributed by atoms with Crippen LogP contribution in [0.25, 0.3) is 38.6 Å². The van der Waals surface area contributed by atoms with Crippen molar-refractivity contribution >= 4 is 27.2 Å². The number of benzene rings is 3. The molecule has 0 fully saturated rings. The fourth-order valence-electron chi connectivity index (χ4n) is 6.24. The molecule has 2 atom stereocenters. The van der Waals surface area contributed by atoms with Crippen molar-refractivity contribution < 1.29 is 0 Å². The summed E-state index contributed by atoms with van der Waals surface area (Å²) in [7, 11) is 0. The molecule has 3 aromatic carbocycles. The third kappa shape index (κ3) is 4.66. The molecule has 2 N–H and O–H groups in total. The van der Waals surface area contributed by atoms with Crippen LogP contribution in [0.5, 0.6) is 0 Å². The maximum atomic E-state index is 6.32. The third-order valence-electron chi connectivity index (χ3n) is 8.24. The van der Waals surface area contributed by atoms with Crippen molar-refractivity contribution in [1.82, 2.24) is 15.0 Å². The van der Waals surface area contributed by atoms with Crippen molar-refractivity contribution in [1.29, 1.82) is 0 Å². The Hall–Kier alpha value is -4.83. The average Bonchev–Trinajstić information content (AvgIpc) is 3.05. The molecule has 2 aliphatic rings. The molecule has 7 rings (SSSR count). The van der Waals surface area contributed by atoms with Crippen molar-refractivity contribution in [2.24, 2.45) is 5.73 Å². The number of nitrogens with zero attached hydrogens (tertiary/aromatic N) is 3. The largest absolute Gasteiger partial charge is 0.404 e. The van der Waals surface area contributed by atoms with Gasteiger partial charge in [0.05, 0.1) is 22.6 Å². The molecule has 2 aliphatic carbocycles. The number of pyridine rings is 1. The van der Waals surface area contributed by atoms with Crippen molar-refractivity contribution in [2.75, 3.05) is 0 Å². The summed E-state index contributed by atoms with van der Waals surface area (Å²) in [4.78, 5) is 16.0. The Balaban J connectivity index is 1.54. The Bertz CT molecular complexity index is 1860. The van der Waals surface area contributed by atoms with Gasteiger partial charge in [-0.15, -0.1) is 0 Å². The highest BCUT2D eigenvalue weighted by molar-refractivity contribution is 6.04. The fourth-order valence-corrected chi connectivity index (χ4v) is 6.24. The molecule has 2 heterocycles. The van der Waals surface area contributed by atoms with Crippen LogP contribution in [0.15, 0.2) is 122 Å². The molecule has 5 aromatic rings. The second-order valence-electron chi connectivity index (χ2n) is 10.8. The minimum absolute atomic E-state index is 0.174. The SMILES string of the molecule is NC=C(c1ccccc1)c1nc(C2C=CCCC2)c(-c2nc(C3C=CC=CC3)c3ccccc3n2)c2ccccc12. The molecule has 4 heteroatoms. The molecule has 2 unspecified atom stereocenters. The van der Waals surface area contributed by atoms with Gasteiger partial charge in [0.2, 0.25) is 0 Å². The number of allylic oxidation sites excluding steroid dienone is 6. The molecule has 4 nitrogen and oxygen atoms in total. The van der Waals surface area contributed by atoms with Gasteiger partial charge in [-0.3, -0.25) is 4.98 Å². The normalized spacial score (nSPS) is 18.8. The summed E-state index contributed by atoms with van der Waals surface area (Å²) in [5.74, 6) is 1.12. The maximum absolute atomic E-state index is 6.32. The number of nitrogens with two attached hydrogens (primary N) is 1. The zero-order chi connectivity index (χ0) is 27.6. The summed E-state index contributed by atoms with van der Waals surface area (Å²) in [5.41, 5.74) is 13.3. The van der Waals surface area contributed by atoms with Gasteiger partial charge < -0.3 is 5.73 Å². The van der Waals surface area contributed by atoms with Gasteiger partial charge >= 0.3 is 0 Å². The number of fused-ring (bicyclic) bond motifs is 2. The Labute approximate surface area is 240 Å². The molecule has 0 bridgehead atoms. The highest BCUT2D eigenvalue weighted by Gasteiger charge is 2.26. The number of aromatic nitrogens is 3. The van der Waals surface area contributed by atoms with Crippen LogP contribution >= 0.6 is 0 Å². The van der Waals surface area contributed by atoms with E-state index in [0.29, 0.717) is 0 Å². The summed E-state index contributed by atoms with van der Waals surface area (Å²) in [6.07, 6.45) is 19.2. The molecular formula is C37H32N4. The Kier molecular flexibility index (Phi) is 6.73. The summed E-state index contributed by atoms with van der Waals surface area (Å²) in [5, 5.41) is 3.25. The first-order valence-electron chi connectivity index (χ1n) is 14.5. The van der Waals surface area contributed by atoms with E-state index < -0.39 is 0 Å². The van der Waals surface area contributed by atoms with Gasteiger partial charge in [-0.05, 0) is 42.7 Å². The lowest BCUT2D eigenvalue weighted by Gasteiger charge is -2.23. The first kappa shape index (κ1) is 25.2. The van der Waals surface area contributed by atoms with E-state index in [1.54, 1.807) is 6.20 Å². The molecule has 0 amide bonds.